The first kappa shape index (κ1) is 16.2. The molecule has 128 valence electrons. The Kier molecular flexibility index (Phi) is 3.47. The van der Waals surface area contributed by atoms with Crippen LogP contribution < -0.4 is 11.2 Å². The van der Waals surface area contributed by atoms with Gasteiger partial charge in [-0.2, -0.15) is 4.98 Å². The number of imidazole rings is 1. The summed E-state index contributed by atoms with van der Waals surface area (Å²) in [7, 11) is 3.02. The molecule has 9 heteroatoms. The fourth-order valence-electron chi connectivity index (χ4n) is 2.49. The van der Waals surface area contributed by atoms with Crippen molar-refractivity contribution in [1.82, 2.24) is 28.8 Å². The van der Waals surface area contributed by atoms with E-state index < -0.39 is 11.2 Å². The zero-order valence-corrected chi connectivity index (χ0v) is 14.6. The molecule has 0 aliphatic heterocycles. The molecule has 0 aliphatic rings. The number of nitrogens with zero attached hydrogens (tertiary/aromatic N) is 6. The molecule has 0 aliphatic carbocycles. The van der Waals surface area contributed by atoms with Crippen molar-refractivity contribution in [2.75, 3.05) is 0 Å². The van der Waals surface area contributed by atoms with Gasteiger partial charge in [-0.1, -0.05) is 25.9 Å². The second-order valence-electron chi connectivity index (χ2n) is 6.91. The van der Waals surface area contributed by atoms with Gasteiger partial charge in [0.15, 0.2) is 17.0 Å². The van der Waals surface area contributed by atoms with Crippen molar-refractivity contribution >= 4 is 11.2 Å². The lowest BCUT2D eigenvalue weighted by Crippen LogP contribution is -2.37. The van der Waals surface area contributed by atoms with E-state index in [1.54, 1.807) is 11.6 Å². The van der Waals surface area contributed by atoms with Gasteiger partial charge in [0.25, 0.3) is 5.56 Å². The van der Waals surface area contributed by atoms with Gasteiger partial charge in [-0.25, -0.2) is 9.78 Å². The molecule has 0 amide bonds. The van der Waals surface area contributed by atoms with Crippen LogP contribution in [0.2, 0.25) is 0 Å². The van der Waals surface area contributed by atoms with Gasteiger partial charge in [0.2, 0.25) is 5.89 Å². The van der Waals surface area contributed by atoms with Crippen LogP contribution in [0.5, 0.6) is 0 Å². The highest BCUT2D eigenvalue weighted by atomic mass is 16.5. The Balaban J connectivity index is 2.18. The molecular formula is C15H20N6O3. The summed E-state index contributed by atoms with van der Waals surface area (Å²) in [5, 5.41) is 4.01. The molecule has 9 nitrogen and oxygen atoms in total. The Bertz CT molecular complexity index is 1030. The lowest BCUT2D eigenvalue weighted by Gasteiger charge is -2.12. The molecule has 0 aromatic carbocycles. The Labute approximate surface area is 137 Å². The molecule has 3 aromatic heterocycles. The minimum atomic E-state index is -0.418. The molecular weight excluding hydrogens is 312 g/mol. The Morgan fingerprint density at radius 1 is 1.17 bits per heavy atom. The predicted molar refractivity (Wildman–Crippen MR) is 87.0 cm³/mol. The van der Waals surface area contributed by atoms with Crippen molar-refractivity contribution in [2.45, 2.75) is 39.2 Å². The van der Waals surface area contributed by atoms with Crippen molar-refractivity contribution in [3.63, 3.8) is 0 Å². The van der Waals surface area contributed by atoms with Gasteiger partial charge in [0.1, 0.15) is 6.04 Å². The lowest BCUT2D eigenvalue weighted by atomic mass is 9.96. The van der Waals surface area contributed by atoms with Gasteiger partial charge in [-0.3, -0.25) is 13.9 Å². The average molecular weight is 332 g/mol. The minimum Gasteiger partial charge on any atom is -0.337 e. The molecule has 0 unspecified atom stereocenters. The number of hydrogen-bond donors (Lipinski definition) is 0. The number of fused-ring (bicyclic) bond motifs is 1. The summed E-state index contributed by atoms with van der Waals surface area (Å²) in [4.78, 5) is 33.1. The molecule has 24 heavy (non-hydrogen) atoms. The van der Waals surface area contributed by atoms with Crippen molar-refractivity contribution in [2.24, 2.45) is 14.1 Å². The van der Waals surface area contributed by atoms with E-state index in [2.05, 4.69) is 15.1 Å². The average Bonchev–Trinajstić information content (AvgIpc) is 3.16. The first-order valence-electron chi connectivity index (χ1n) is 7.59. The minimum absolute atomic E-state index is 0.238. The highest BCUT2D eigenvalue weighted by Gasteiger charge is 2.25. The first-order valence-corrected chi connectivity index (χ1v) is 7.59. The van der Waals surface area contributed by atoms with Gasteiger partial charge < -0.3 is 9.09 Å². The molecule has 3 aromatic rings. The van der Waals surface area contributed by atoms with Gasteiger partial charge in [-0.05, 0) is 6.92 Å². The number of rotatable bonds is 2. The van der Waals surface area contributed by atoms with E-state index in [0.717, 1.165) is 4.57 Å². The summed E-state index contributed by atoms with van der Waals surface area (Å²) in [6, 6.07) is -0.385. The van der Waals surface area contributed by atoms with Crippen molar-refractivity contribution in [3.05, 3.63) is 38.9 Å². The highest BCUT2D eigenvalue weighted by Crippen LogP contribution is 2.24. The Morgan fingerprint density at radius 3 is 2.42 bits per heavy atom. The quantitative estimate of drug-likeness (QED) is 0.685. The van der Waals surface area contributed by atoms with Gasteiger partial charge >= 0.3 is 5.69 Å². The van der Waals surface area contributed by atoms with Crippen molar-refractivity contribution in [1.29, 1.82) is 0 Å². The third-order valence-corrected chi connectivity index (χ3v) is 4.06. The lowest BCUT2D eigenvalue weighted by molar-refractivity contribution is 0.337. The topological polar surface area (TPSA) is 101 Å². The van der Waals surface area contributed by atoms with E-state index in [1.165, 1.54) is 17.9 Å². The SMILES string of the molecule is C[C@@H](c1nc(C(C)(C)C)no1)n1cnc2c1c(=O)n(C)c(=O)n2C. The monoisotopic (exact) mass is 332 g/mol. The van der Waals surface area contributed by atoms with Crippen molar-refractivity contribution in [3.8, 4) is 0 Å². The Morgan fingerprint density at radius 2 is 1.83 bits per heavy atom. The summed E-state index contributed by atoms with van der Waals surface area (Å²) >= 11 is 0. The normalized spacial score (nSPS) is 13.6. The third-order valence-electron chi connectivity index (χ3n) is 4.06. The number of aryl methyl sites for hydroxylation is 1. The summed E-state index contributed by atoms with van der Waals surface area (Å²) in [5.74, 6) is 0.976. The summed E-state index contributed by atoms with van der Waals surface area (Å²) in [6.07, 6.45) is 1.51. The Hall–Kier alpha value is -2.71. The fraction of sp³-hybridized carbons (Fsp3) is 0.533. The van der Waals surface area contributed by atoms with Gasteiger partial charge in [0, 0.05) is 19.5 Å². The first-order chi connectivity index (χ1) is 11.1. The zero-order valence-electron chi connectivity index (χ0n) is 14.6. The standard InChI is InChI=1S/C15H20N6O3/c1-8(11-17-13(18-24-11)15(2,3)4)21-7-16-10-9(21)12(22)20(6)14(23)19(10)5/h7-8H,1-6H3/t8-/m0/s1. The van der Waals surface area contributed by atoms with E-state index in [1.807, 2.05) is 27.7 Å². The van der Waals surface area contributed by atoms with Crippen molar-refractivity contribution < 1.29 is 4.52 Å². The highest BCUT2D eigenvalue weighted by molar-refractivity contribution is 5.70. The molecule has 3 heterocycles. The summed E-state index contributed by atoms with van der Waals surface area (Å²) in [5.41, 5.74) is -0.419. The molecule has 1 atom stereocenters. The summed E-state index contributed by atoms with van der Waals surface area (Å²) < 4.78 is 9.41. The second kappa shape index (κ2) is 5.15. The fourth-order valence-corrected chi connectivity index (χ4v) is 2.49. The van der Waals surface area contributed by atoms with Crippen LogP contribution in [0.1, 0.15) is 45.5 Å². The van der Waals surface area contributed by atoms with Gasteiger partial charge in [0.05, 0.1) is 6.33 Å². The number of hydrogen-bond acceptors (Lipinski definition) is 6. The van der Waals surface area contributed by atoms with Crippen LogP contribution in [-0.4, -0.2) is 28.8 Å². The third kappa shape index (κ3) is 2.27. The molecule has 0 saturated heterocycles. The summed E-state index contributed by atoms with van der Waals surface area (Å²) in [6.45, 7) is 7.81. The largest absolute Gasteiger partial charge is 0.337 e. The van der Waals surface area contributed by atoms with Gasteiger partial charge in [-0.15, -0.1) is 0 Å². The van der Waals surface area contributed by atoms with Crippen LogP contribution >= 0.6 is 0 Å². The molecule has 0 N–H and O–H groups in total. The maximum atomic E-state index is 12.5. The zero-order chi connectivity index (χ0) is 17.8. The molecule has 0 spiro atoms. The maximum Gasteiger partial charge on any atom is 0.332 e. The van der Waals surface area contributed by atoms with E-state index in [9.17, 15) is 9.59 Å². The predicted octanol–water partition coefficient (Wildman–Crippen LogP) is 0.723. The van der Waals surface area contributed by atoms with Crippen LogP contribution in [0.15, 0.2) is 20.4 Å². The second-order valence-corrected chi connectivity index (χ2v) is 6.91. The van der Waals surface area contributed by atoms with E-state index in [4.69, 9.17) is 4.52 Å². The molecule has 0 fully saturated rings. The smallest absolute Gasteiger partial charge is 0.332 e. The van der Waals surface area contributed by atoms with E-state index in [0.29, 0.717) is 22.9 Å². The maximum absolute atomic E-state index is 12.5. The molecule has 0 bridgehead atoms. The van der Waals surface area contributed by atoms with E-state index >= 15 is 0 Å². The molecule has 0 saturated carbocycles. The van der Waals surface area contributed by atoms with Crippen LogP contribution in [-0.2, 0) is 19.5 Å². The molecule has 0 radical (unpaired) electrons. The van der Waals surface area contributed by atoms with Crippen LogP contribution in [0.4, 0.5) is 0 Å². The van der Waals surface area contributed by atoms with E-state index in [-0.39, 0.29) is 11.5 Å². The van der Waals surface area contributed by atoms with Crippen LogP contribution in [0.25, 0.3) is 11.2 Å². The van der Waals surface area contributed by atoms with Crippen LogP contribution in [0.3, 0.4) is 0 Å². The molecule has 3 rings (SSSR count). The number of aromatic nitrogens is 6. The van der Waals surface area contributed by atoms with Crippen LogP contribution in [0, 0.1) is 0 Å².